The van der Waals surface area contributed by atoms with Crippen LogP contribution < -0.4 is 10.2 Å². The average molecular weight is 328 g/mol. The van der Waals surface area contributed by atoms with Crippen molar-refractivity contribution >= 4 is 17.5 Å². The number of hydrogen-bond donors (Lipinski definition) is 1. The van der Waals surface area contributed by atoms with Crippen LogP contribution in [-0.2, 0) is 16.0 Å². The number of benzene rings is 2. The summed E-state index contributed by atoms with van der Waals surface area (Å²) in [4.78, 5) is 25.3. The van der Waals surface area contributed by atoms with Crippen molar-refractivity contribution in [2.45, 2.75) is 20.3 Å². The summed E-state index contributed by atoms with van der Waals surface area (Å²) >= 11 is 0. The lowest BCUT2D eigenvalue weighted by molar-refractivity contribution is -0.121. The number of anilines is 1. The molecule has 0 fully saturated rings. The fraction of sp³-hybridized carbons (Fsp3) is 0.263. The molecule has 0 spiro atoms. The maximum Gasteiger partial charge on any atom is 0.224 e. The smallest absolute Gasteiger partial charge is 0.224 e. The summed E-state index contributed by atoms with van der Waals surface area (Å²) in [5.41, 5.74) is 2.67. The summed E-state index contributed by atoms with van der Waals surface area (Å²) < 4.78 is 12.8. The predicted octanol–water partition coefficient (Wildman–Crippen LogP) is 2.85. The summed E-state index contributed by atoms with van der Waals surface area (Å²) in [6.07, 6.45) is 0.185. The van der Waals surface area contributed by atoms with E-state index in [1.165, 1.54) is 19.1 Å². The van der Waals surface area contributed by atoms with E-state index in [1.807, 2.05) is 31.2 Å². The number of nitrogens with one attached hydrogen (secondary N) is 1. The minimum atomic E-state index is -0.325. The lowest BCUT2D eigenvalue weighted by atomic mass is 10.1. The molecule has 0 aromatic heterocycles. The number of rotatable bonds is 6. The molecule has 0 atom stereocenters. The molecule has 2 amide bonds. The molecule has 0 radical (unpaired) electrons. The Balaban J connectivity index is 1.86. The topological polar surface area (TPSA) is 49.4 Å². The molecule has 0 saturated heterocycles. The number of carbonyl (C=O) groups is 2. The minimum absolute atomic E-state index is 0.0772. The van der Waals surface area contributed by atoms with Gasteiger partial charge in [0.2, 0.25) is 11.8 Å². The normalized spacial score (nSPS) is 10.3. The molecule has 126 valence electrons. The van der Waals surface area contributed by atoms with Gasteiger partial charge in [-0.15, -0.1) is 0 Å². The second-order valence-electron chi connectivity index (χ2n) is 5.66. The zero-order valence-corrected chi connectivity index (χ0v) is 13.9. The first kappa shape index (κ1) is 17.7. The van der Waals surface area contributed by atoms with Crippen LogP contribution in [0.1, 0.15) is 18.1 Å². The van der Waals surface area contributed by atoms with Crippen molar-refractivity contribution in [1.29, 1.82) is 0 Å². The van der Waals surface area contributed by atoms with Gasteiger partial charge >= 0.3 is 0 Å². The molecule has 2 rings (SSSR count). The van der Waals surface area contributed by atoms with Gasteiger partial charge in [0.25, 0.3) is 0 Å². The first-order valence-corrected chi connectivity index (χ1v) is 7.81. The van der Waals surface area contributed by atoms with Gasteiger partial charge in [-0.25, -0.2) is 4.39 Å². The van der Waals surface area contributed by atoms with Crippen LogP contribution in [0.25, 0.3) is 0 Å². The standard InChI is InChI=1S/C19H21FN2O2/c1-14-3-9-18(10-4-14)22(15(2)23)12-11-21-19(24)13-16-5-7-17(20)8-6-16/h3-10H,11-13H2,1-2H3,(H,21,24). The Labute approximate surface area is 141 Å². The highest BCUT2D eigenvalue weighted by atomic mass is 19.1. The predicted molar refractivity (Wildman–Crippen MR) is 92.3 cm³/mol. The van der Waals surface area contributed by atoms with Crippen LogP contribution in [0.3, 0.4) is 0 Å². The van der Waals surface area contributed by atoms with E-state index in [-0.39, 0.29) is 24.1 Å². The molecular weight excluding hydrogens is 307 g/mol. The number of hydrogen-bond acceptors (Lipinski definition) is 2. The molecule has 0 aliphatic rings. The largest absolute Gasteiger partial charge is 0.354 e. The van der Waals surface area contributed by atoms with Gasteiger partial charge in [0.15, 0.2) is 0 Å². The highest BCUT2D eigenvalue weighted by molar-refractivity contribution is 5.91. The van der Waals surface area contributed by atoms with Crippen LogP contribution in [-0.4, -0.2) is 24.9 Å². The van der Waals surface area contributed by atoms with Crippen LogP contribution in [0.5, 0.6) is 0 Å². The third kappa shape index (κ3) is 5.19. The van der Waals surface area contributed by atoms with Gasteiger partial charge in [0, 0.05) is 25.7 Å². The molecule has 0 bridgehead atoms. The van der Waals surface area contributed by atoms with Crippen LogP contribution in [0.4, 0.5) is 10.1 Å². The van der Waals surface area contributed by atoms with Crippen molar-refractivity contribution in [3.8, 4) is 0 Å². The van der Waals surface area contributed by atoms with Crippen molar-refractivity contribution in [1.82, 2.24) is 5.32 Å². The second kappa shape index (κ2) is 8.24. The van der Waals surface area contributed by atoms with E-state index in [2.05, 4.69) is 5.32 Å². The van der Waals surface area contributed by atoms with E-state index in [0.717, 1.165) is 16.8 Å². The van der Waals surface area contributed by atoms with Crippen LogP contribution in [0, 0.1) is 12.7 Å². The average Bonchev–Trinajstić information content (AvgIpc) is 2.54. The van der Waals surface area contributed by atoms with Crippen LogP contribution in [0.15, 0.2) is 48.5 Å². The molecule has 0 aliphatic heterocycles. The number of nitrogens with zero attached hydrogens (tertiary/aromatic N) is 1. The Kier molecular flexibility index (Phi) is 6.07. The Morgan fingerprint density at radius 1 is 1.04 bits per heavy atom. The quantitative estimate of drug-likeness (QED) is 0.886. The highest BCUT2D eigenvalue weighted by Gasteiger charge is 2.11. The van der Waals surface area contributed by atoms with Crippen LogP contribution in [0.2, 0.25) is 0 Å². The van der Waals surface area contributed by atoms with Crippen LogP contribution >= 0.6 is 0 Å². The van der Waals surface area contributed by atoms with Gasteiger partial charge in [-0.1, -0.05) is 29.8 Å². The van der Waals surface area contributed by atoms with Gasteiger partial charge < -0.3 is 10.2 Å². The van der Waals surface area contributed by atoms with Gasteiger partial charge in [-0.2, -0.15) is 0 Å². The monoisotopic (exact) mass is 328 g/mol. The SMILES string of the molecule is CC(=O)N(CCNC(=O)Cc1ccc(F)cc1)c1ccc(C)cc1. The van der Waals surface area contributed by atoms with Gasteiger partial charge in [0.1, 0.15) is 5.82 Å². The van der Waals surface area contributed by atoms with Crippen molar-refractivity contribution in [2.75, 3.05) is 18.0 Å². The fourth-order valence-electron chi connectivity index (χ4n) is 2.35. The molecule has 1 N–H and O–H groups in total. The highest BCUT2D eigenvalue weighted by Crippen LogP contribution is 2.14. The zero-order valence-electron chi connectivity index (χ0n) is 13.9. The first-order chi connectivity index (χ1) is 11.5. The van der Waals surface area contributed by atoms with Crippen molar-refractivity contribution in [3.05, 3.63) is 65.5 Å². The third-order valence-electron chi connectivity index (χ3n) is 3.66. The van der Waals surface area contributed by atoms with E-state index in [4.69, 9.17) is 0 Å². The summed E-state index contributed by atoms with van der Waals surface area (Å²) in [6, 6.07) is 13.5. The van der Waals surface area contributed by atoms with Crippen molar-refractivity contribution in [3.63, 3.8) is 0 Å². The Bertz CT molecular complexity index is 696. The fourth-order valence-corrected chi connectivity index (χ4v) is 2.35. The number of aryl methyl sites for hydroxylation is 1. The minimum Gasteiger partial charge on any atom is -0.354 e. The lowest BCUT2D eigenvalue weighted by Crippen LogP contribution is -2.38. The zero-order chi connectivity index (χ0) is 17.5. The Hall–Kier alpha value is -2.69. The molecule has 2 aromatic rings. The van der Waals surface area contributed by atoms with E-state index >= 15 is 0 Å². The van der Waals surface area contributed by atoms with E-state index in [9.17, 15) is 14.0 Å². The molecule has 0 heterocycles. The molecule has 0 saturated carbocycles. The van der Waals surface area contributed by atoms with Crippen molar-refractivity contribution in [2.24, 2.45) is 0 Å². The number of carbonyl (C=O) groups excluding carboxylic acids is 2. The summed E-state index contributed by atoms with van der Waals surface area (Å²) in [7, 11) is 0. The van der Waals surface area contributed by atoms with E-state index < -0.39 is 0 Å². The summed E-state index contributed by atoms with van der Waals surface area (Å²) in [6.45, 7) is 4.23. The first-order valence-electron chi connectivity index (χ1n) is 7.81. The number of amides is 2. The summed E-state index contributed by atoms with van der Waals surface area (Å²) in [5, 5.41) is 2.79. The maximum absolute atomic E-state index is 12.8. The van der Waals surface area contributed by atoms with Gasteiger partial charge in [-0.05, 0) is 36.8 Å². The molecule has 2 aromatic carbocycles. The Morgan fingerprint density at radius 3 is 2.25 bits per heavy atom. The lowest BCUT2D eigenvalue weighted by Gasteiger charge is -2.21. The second-order valence-corrected chi connectivity index (χ2v) is 5.66. The van der Waals surface area contributed by atoms with Gasteiger partial charge in [-0.3, -0.25) is 9.59 Å². The molecular formula is C19H21FN2O2. The maximum atomic E-state index is 12.8. The van der Waals surface area contributed by atoms with E-state index in [1.54, 1.807) is 17.0 Å². The molecule has 0 unspecified atom stereocenters. The summed E-state index contributed by atoms with van der Waals surface area (Å²) in [5.74, 6) is -0.560. The molecule has 4 nitrogen and oxygen atoms in total. The molecule has 5 heteroatoms. The molecule has 24 heavy (non-hydrogen) atoms. The molecule has 0 aliphatic carbocycles. The van der Waals surface area contributed by atoms with Gasteiger partial charge in [0.05, 0.1) is 6.42 Å². The van der Waals surface area contributed by atoms with Crippen molar-refractivity contribution < 1.29 is 14.0 Å². The third-order valence-corrected chi connectivity index (χ3v) is 3.66. The Morgan fingerprint density at radius 2 is 1.67 bits per heavy atom. The van der Waals surface area contributed by atoms with E-state index in [0.29, 0.717) is 13.1 Å². The number of halogens is 1.